The molecule has 2 aliphatic carbocycles. The van der Waals surface area contributed by atoms with E-state index >= 15 is 0 Å². The molecule has 1 aromatic heterocycles. The van der Waals surface area contributed by atoms with Crippen LogP contribution in [0.1, 0.15) is 42.2 Å². The standard InChI is InChI=1S/C13H18OS/c1-8-6-7-15-13(8)12(14)11-9-4-2-3-5-10(9)11/h6-7,9-12,14H,2-5H2,1H3. The molecule has 3 rings (SSSR count). The number of hydrogen-bond donors (Lipinski definition) is 1. The summed E-state index contributed by atoms with van der Waals surface area (Å²) in [5, 5.41) is 12.5. The van der Waals surface area contributed by atoms with Crippen LogP contribution in [0.3, 0.4) is 0 Å². The zero-order valence-corrected chi connectivity index (χ0v) is 9.96. The van der Waals surface area contributed by atoms with Crippen LogP contribution in [0, 0.1) is 24.7 Å². The fourth-order valence-electron chi connectivity index (χ4n) is 3.38. The largest absolute Gasteiger partial charge is 0.387 e. The summed E-state index contributed by atoms with van der Waals surface area (Å²) in [6, 6.07) is 2.12. The molecule has 0 saturated heterocycles. The SMILES string of the molecule is Cc1ccsc1C(O)C1C2CCCCC21. The maximum atomic E-state index is 10.4. The zero-order valence-electron chi connectivity index (χ0n) is 9.15. The van der Waals surface area contributed by atoms with E-state index in [-0.39, 0.29) is 6.10 Å². The van der Waals surface area contributed by atoms with Crippen LogP contribution in [-0.2, 0) is 0 Å². The van der Waals surface area contributed by atoms with E-state index in [1.54, 1.807) is 11.3 Å². The van der Waals surface area contributed by atoms with Gasteiger partial charge in [0, 0.05) is 4.88 Å². The van der Waals surface area contributed by atoms with Crippen molar-refractivity contribution in [2.24, 2.45) is 17.8 Å². The molecule has 3 atom stereocenters. The Labute approximate surface area is 95.1 Å². The first-order valence-electron chi connectivity index (χ1n) is 6.01. The van der Waals surface area contributed by atoms with Gasteiger partial charge in [-0.3, -0.25) is 0 Å². The zero-order chi connectivity index (χ0) is 10.4. The third kappa shape index (κ3) is 1.55. The van der Waals surface area contributed by atoms with E-state index in [0.29, 0.717) is 5.92 Å². The fraction of sp³-hybridized carbons (Fsp3) is 0.692. The summed E-state index contributed by atoms with van der Waals surface area (Å²) >= 11 is 1.72. The van der Waals surface area contributed by atoms with Crippen LogP contribution in [0.5, 0.6) is 0 Å². The summed E-state index contributed by atoms with van der Waals surface area (Å²) in [5.74, 6) is 2.27. The smallest absolute Gasteiger partial charge is 0.0918 e. The minimum absolute atomic E-state index is 0.168. The lowest BCUT2D eigenvalue weighted by Crippen LogP contribution is -2.01. The quantitative estimate of drug-likeness (QED) is 0.811. The molecule has 2 fully saturated rings. The molecule has 0 aliphatic heterocycles. The van der Waals surface area contributed by atoms with Crippen LogP contribution >= 0.6 is 11.3 Å². The van der Waals surface area contributed by atoms with Gasteiger partial charge in [0.1, 0.15) is 0 Å². The number of aliphatic hydroxyl groups is 1. The van der Waals surface area contributed by atoms with E-state index in [2.05, 4.69) is 18.4 Å². The minimum Gasteiger partial charge on any atom is -0.387 e. The van der Waals surface area contributed by atoms with Gasteiger partial charge >= 0.3 is 0 Å². The van der Waals surface area contributed by atoms with Gasteiger partial charge in [0.2, 0.25) is 0 Å². The Morgan fingerprint density at radius 1 is 1.33 bits per heavy atom. The second kappa shape index (κ2) is 3.60. The Morgan fingerprint density at radius 2 is 2.00 bits per heavy atom. The van der Waals surface area contributed by atoms with E-state index in [9.17, 15) is 5.11 Å². The van der Waals surface area contributed by atoms with Crippen LogP contribution in [-0.4, -0.2) is 5.11 Å². The Morgan fingerprint density at radius 3 is 2.53 bits per heavy atom. The second-order valence-corrected chi connectivity index (χ2v) is 6.05. The van der Waals surface area contributed by atoms with Gasteiger partial charge in [-0.25, -0.2) is 0 Å². The molecular weight excluding hydrogens is 204 g/mol. The average Bonchev–Trinajstić information content (AvgIpc) is 2.83. The van der Waals surface area contributed by atoms with E-state index in [1.165, 1.54) is 36.1 Å². The minimum atomic E-state index is -0.168. The van der Waals surface area contributed by atoms with Gasteiger partial charge in [-0.05, 0) is 54.5 Å². The normalized spacial score (nSPS) is 36.0. The first-order valence-corrected chi connectivity index (χ1v) is 6.89. The summed E-state index contributed by atoms with van der Waals surface area (Å²) in [5.41, 5.74) is 1.27. The molecule has 1 N–H and O–H groups in total. The lowest BCUT2D eigenvalue weighted by atomic mass is 10.0. The first kappa shape index (κ1) is 9.86. The van der Waals surface area contributed by atoms with Gasteiger partial charge in [0.15, 0.2) is 0 Å². The van der Waals surface area contributed by atoms with Gasteiger partial charge < -0.3 is 5.11 Å². The molecule has 3 unspecified atom stereocenters. The van der Waals surface area contributed by atoms with Gasteiger partial charge in [-0.2, -0.15) is 0 Å². The third-order valence-corrected chi connectivity index (χ3v) is 5.35. The molecule has 0 radical (unpaired) electrons. The molecule has 15 heavy (non-hydrogen) atoms. The number of thiophene rings is 1. The maximum Gasteiger partial charge on any atom is 0.0918 e. The van der Waals surface area contributed by atoms with Crippen molar-refractivity contribution in [3.05, 3.63) is 21.9 Å². The molecule has 0 bridgehead atoms. The molecular formula is C13H18OS. The molecule has 0 amide bonds. The Kier molecular flexibility index (Phi) is 2.37. The van der Waals surface area contributed by atoms with Crippen LogP contribution < -0.4 is 0 Å². The maximum absolute atomic E-state index is 10.4. The van der Waals surface area contributed by atoms with Gasteiger partial charge in [-0.15, -0.1) is 11.3 Å². The molecule has 2 heteroatoms. The molecule has 1 nitrogen and oxygen atoms in total. The summed E-state index contributed by atoms with van der Waals surface area (Å²) in [6.07, 6.45) is 5.31. The Bertz CT molecular complexity index is 345. The van der Waals surface area contributed by atoms with Crippen LogP contribution in [0.15, 0.2) is 11.4 Å². The first-order chi connectivity index (χ1) is 7.29. The summed E-state index contributed by atoms with van der Waals surface area (Å²) in [4.78, 5) is 1.22. The van der Waals surface area contributed by atoms with Gasteiger partial charge in [0.05, 0.1) is 6.10 Å². The van der Waals surface area contributed by atoms with E-state index in [4.69, 9.17) is 0 Å². The van der Waals surface area contributed by atoms with Crippen molar-refractivity contribution < 1.29 is 5.11 Å². The summed E-state index contributed by atoms with van der Waals surface area (Å²) < 4.78 is 0. The van der Waals surface area contributed by atoms with Crippen molar-refractivity contribution in [3.63, 3.8) is 0 Å². The molecule has 1 aromatic rings. The molecule has 2 saturated carbocycles. The number of aryl methyl sites for hydroxylation is 1. The average molecular weight is 222 g/mol. The highest BCUT2D eigenvalue weighted by Crippen LogP contribution is 2.60. The van der Waals surface area contributed by atoms with Crippen molar-refractivity contribution in [2.45, 2.75) is 38.7 Å². The van der Waals surface area contributed by atoms with E-state index in [0.717, 1.165) is 11.8 Å². The summed E-state index contributed by atoms with van der Waals surface area (Å²) in [6.45, 7) is 2.11. The number of fused-ring (bicyclic) bond motifs is 1. The van der Waals surface area contributed by atoms with Crippen molar-refractivity contribution in [1.82, 2.24) is 0 Å². The van der Waals surface area contributed by atoms with E-state index < -0.39 is 0 Å². The van der Waals surface area contributed by atoms with Crippen molar-refractivity contribution in [2.75, 3.05) is 0 Å². The number of aliphatic hydroxyl groups excluding tert-OH is 1. The Hall–Kier alpha value is -0.340. The second-order valence-electron chi connectivity index (χ2n) is 5.10. The van der Waals surface area contributed by atoms with Crippen molar-refractivity contribution in [3.8, 4) is 0 Å². The van der Waals surface area contributed by atoms with E-state index in [1.807, 2.05) is 0 Å². The predicted octanol–water partition coefficient (Wildman–Crippen LogP) is 3.53. The molecule has 82 valence electrons. The molecule has 2 aliphatic rings. The lowest BCUT2D eigenvalue weighted by molar-refractivity contribution is 0.145. The number of hydrogen-bond acceptors (Lipinski definition) is 2. The highest BCUT2D eigenvalue weighted by molar-refractivity contribution is 7.10. The lowest BCUT2D eigenvalue weighted by Gasteiger charge is -2.09. The van der Waals surface area contributed by atoms with Crippen molar-refractivity contribution in [1.29, 1.82) is 0 Å². The predicted molar refractivity (Wildman–Crippen MR) is 63.0 cm³/mol. The summed E-state index contributed by atoms with van der Waals surface area (Å²) in [7, 11) is 0. The van der Waals surface area contributed by atoms with Gasteiger partial charge in [-0.1, -0.05) is 12.8 Å². The van der Waals surface area contributed by atoms with Crippen LogP contribution in [0.4, 0.5) is 0 Å². The number of rotatable bonds is 2. The van der Waals surface area contributed by atoms with Gasteiger partial charge in [0.25, 0.3) is 0 Å². The molecule has 1 heterocycles. The van der Waals surface area contributed by atoms with Crippen LogP contribution in [0.2, 0.25) is 0 Å². The monoisotopic (exact) mass is 222 g/mol. The highest BCUT2D eigenvalue weighted by atomic mass is 32.1. The Balaban J connectivity index is 1.76. The fourth-order valence-corrected chi connectivity index (χ4v) is 4.35. The molecule has 0 spiro atoms. The highest BCUT2D eigenvalue weighted by Gasteiger charge is 2.54. The topological polar surface area (TPSA) is 20.2 Å². The van der Waals surface area contributed by atoms with Crippen LogP contribution in [0.25, 0.3) is 0 Å². The van der Waals surface area contributed by atoms with Crippen molar-refractivity contribution >= 4 is 11.3 Å². The third-order valence-electron chi connectivity index (χ3n) is 4.26. The molecule has 0 aromatic carbocycles.